The molecule has 0 aromatic rings. The summed E-state index contributed by atoms with van der Waals surface area (Å²) in [6.07, 6.45) is 41.0. The van der Waals surface area contributed by atoms with Crippen molar-refractivity contribution in [3.63, 3.8) is 0 Å². The molecule has 0 aromatic heterocycles. The zero-order chi connectivity index (χ0) is 20.9. The predicted molar refractivity (Wildman–Crippen MR) is 125 cm³/mol. The standard InChI is InChI=1S/C21H21.C5H5.C3H6.2ClH.Zr/c1-2-8-15-14(7-1)13-20-18-11-4-3-9-16(18)17-10-5-6-12-19(17)21(15)20;1-2-4-5-3-1;1-3-2;;;/h1-21H;1-3H,4H2;1-2H3;2*1H;/q2*-1;;;;+2/p-2. The van der Waals surface area contributed by atoms with Crippen LogP contribution in [0.3, 0.4) is 0 Å². The van der Waals surface area contributed by atoms with Crippen LogP contribution in [0.4, 0.5) is 0 Å². The average Bonchev–Trinajstić information content (AvgIpc) is 3.45. The predicted octanol–water partition coefficient (Wildman–Crippen LogP) is 0.585. The van der Waals surface area contributed by atoms with E-state index in [1.807, 2.05) is 12.2 Å². The van der Waals surface area contributed by atoms with Crippen LogP contribution in [0.25, 0.3) is 0 Å². The van der Waals surface area contributed by atoms with Gasteiger partial charge in [-0.15, -0.1) is 18.4 Å². The van der Waals surface area contributed by atoms with Crippen molar-refractivity contribution in [1.29, 1.82) is 0 Å². The minimum absolute atomic E-state index is 0. The molecule has 0 heterocycles. The smallest absolute Gasteiger partial charge is 0.109 e. The zero-order valence-corrected chi connectivity index (χ0v) is 22.8. The SMILES string of the molecule is C1=CC2[CH-]C3C4C=CC=CC4C4C=CC=CC4C3C2C=C1.C[C](C)=[Zr+2].[C-]1=CC=CC1.[Cl-].[Cl-]. The van der Waals surface area contributed by atoms with Crippen molar-refractivity contribution in [2.75, 3.05) is 0 Å². The van der Waals surface area contributed by atoms with Gasteiger partial charge < -0.3 is 31.2 Å². The van der Waals surface area contributed by atoms with E-state index < -0.39 is 0 Å². The molecule has 0 N–H and O–H groups in total. The molecule has 6 rings (SSSR count). The second kappa shape index (κ2) is 13.2. The molecule has 0 saturated heterocycles. The second-order valence-corrected chi connectivity index (χ2v) is 11.6. The summed E-state index contributed by atoms with van der Waals surface area (Å²) in [6.45, 7) is 4.25. The minimum atomic E-state index is 0. The Morgan fingerprint density at radius 3 is 1.75 bits per heavy atom. The van der Waals surface area contributed by atoms with Crippen molar-refractivity contribution < 1.29 is 49.0 Å². The Labute approximate surface area is 222 Å². The summed E-state index contributed by atoms with van der Waals surface area (Å²) in [5.74, 6) is 5.66. The van der Waals surface area contributed by atoms with Gasteiger partial charge in [-0.2, -0.15) is 12.0 Å². The van der Waals surface area contributed by atoms with Gasteiger partial charge in [-0.1, -0.05) is 72.8 Å². The Kier molecular flexibility index (Phi) is 11.4. The van der Waals surface area contributed by atoms with Crippen LogP contribution in [-0.2, 0) is 24.2 Å². The molecule has 0 aliphatic heterocycles. The molecular formula is C29H32Cl2Zr-2. The normalized spacial score (nSPS) is 37.4. The van der Waals surface area contributed by atoms with Gasteiger partial charge in [0.1, 0.15) is 0 Å². The van der Waals surface area contributed by atoms with E-state index in [1.165, 1.54) is 3.21 Å². The van der Waals surface area contributed by atoms with Gasteiger partial charge in [0.2, 0.25) is 0 Å². The van der Waals surface area contributed by atoms with E-state index in [1.54, 1.807) is 24.2 Å². The molecule has 0 amide bonds. The second-order valence-electron chi connectivity index (χ2n) is 9.12. The van der Waals surface area contributed by atoms with Gasteiger partial charge in [-0.05, 0) is 29.6 Å². The molecule has 6 aliphatic rings. The van der Waals surface area contributed by atoms with E-state index in [0.29, 0.717) is 35.5 Å². The third-order valence-electron chi connectivity index (χ3n) is 6.92. The number of halogens is 2. The maximum absolute atomic E-state index is 2.99. The molecule has 0 nitrogen and oxygen atoms in total. The first kappa shape index (κ1) is 27.5. The maximum Gasteiger partial charge on any atom is -0.109 e. The van der Waals surface area contributed by atoms with Crippen molar-refractivity contribution in [2.45, 2.75) is 20.3 Å². The number of rotatable bonds is 0. The van der Waals surface area contributed by atoms with Crippen LogP contribution in [0.1, 0.15) is 20.3 Å². The molecule has 168 valence electrons. The van der Waals surface area contributed by atoms with Gasteiger partial charge in [-0.3, -0.25) is 6.08 Å². The molecule has 8 atom stereocenters. The molecule has 8 unspecified atom stereocenters. The molecule has 32 heavy (non-hydrogen) atoms. The first-order chi connectivity index (χ1) is 14.7. The van der Waals surface area contributed by atoms with Crippen LogP contribution in [0.5, 0.6) is 0 Å². The molecule has 0 radical (unpaired) electrons. The summed E-state index contributed by atoms with van der Waals surface area (Å²) in [7, 11) is 0. The summed E-state index contributed by atoms with van der Waals surface area (Å²) in [6, 6.07) is 0. The van der Waals surface area contributed by atoms with Crippen molar-refractivity contribution in [3.05, 3.63) is 104 Å². The maximum atomic E-state index is 2.99. The first-order valence-corrected chi connectivity index (χ1v) is 12.5. The van der Waals surface area contributed by atoms with Crippen molar-refractivity contribution in [3.8, 4) is 0 Å². The molecule has 3 heteroatoms. The van der Waals surface area contributed by atoms with Crippen molar-refractivity contribution >= 4 is 3.21 Å². The molecule has 0 aromatic carbocycles. The van der Waals surface area contributed by atoms with E-state index in [9.17, 15) is 0 Å². The Morgan fingerprint density at radius 2 is 1.22 bits per heavy atom. The number of fused-ring (bicyclic) bond motifs is 8. The average molecular weight is 543 g/mol. The quantitative estimate of drug-likeness (QED) is 0.393. The minimum Gasteiger partial charge on any atom is -1.00 e. The summed E-state index contributed by atoms with van der Waals surface area (Å²) in [4.78, 5) is 0. The number of allylic oxidation sites excluding steroid dienone is 16. The van der Waals surface area contributed by atoms with Crippen molar-refractivity contribution in [1.82, 2.24) is 0 Å². The first-order valence-electron chi connectivity index (χ1n) is 11.3. The van der Waals surface area contributed by atoms with Gasteiger partial charge in [-0.25, -0.2) is 12.2 Å². The molecular weight excluding hydrogens is 510 g/mol. The largest absolute Gasteiger partial charge is 1.00 e. The van der Waals surface area contributed by atoms with Crippen LogP contribution in [0.15, 0.2) is 91.1 Å². The third-order valence-corrected chi connectivity index (χ3v) is 6.92. The monoisotopic (exact) mass is 540 g/mol. The van der Waals surface area contributed by atoms with Crippen molar-refractivity contribution in [2.24, 2.45) is 47.3 Å². The van der Waals surface area contributed by atoms with E-state index in [4.69, 9.17) is 0 Å². The molecule has 0 bridgehead atoms. The number of hydrogen-bond acceptors (Lipinski definition) is 0. The molecule has 0 spiro atoms. The Bertz CT molecular complexity index is 856. The summed E-state index contributed by atoms with van der Waals surface area (Å²) in [5, 5.41) is 0. The van der Waals surface area contributed by atoms with Crippen LogP contribution in [-0.4, -0.2) is 3.21 Å². The third kappa shape index (κ3) is 6.22. The van der Waals surface area contributed by atoms with E-state index in [2.05, 4.69) is 105 Å². The van der Waals surface area contributed by atoms with E-state index in [0.717, 1.165) is 18.3 Å². The molecule has 2 fully saturated rings. The van der Waals surface area contributed by atoms with Crippen LogP contribution in [0, 0.1) is 59.8 Å². The van der Waals surface area contributed by atoms with Crippen LogP contribution in [0.2, 0.25) is 0 Å². The Hall–Kier alpha value is -0.747. The summed E-state index contributed by atoms with van der Waals surface area (Å²) in [5.41, 5.74) is 0. The molecule has 6 aliphatic carbocycles. The Balaban J connectivity index is 0.000000282. The van der Waals surface area contributed by atoms with Crippen LogP contribution >= 0.6 is 0 Å². The van der Waals surface area contributed by atoms with Gasteiger partial charge in [0.05, 0.1) is 0 Å². The van der Waals surface area contributed by atoms with Crippen LogP contribution < -0.4 is 24.8 Å². The zero-order valence-electron chi connectivity index (χ0n) is 18.8. The fourth-order valence-electron chi connectivity index (χ4n) is 5.92. The van der Waals surface area contributed by atoms with Gasteiger partial charge in [0, 0.05) is 0 Å². The van der Waals surface area contributed by atoms with Gasteiger partial charge in [0.25, 0.3) is 0 Å². The summed E-state index contributed by atoms with van der Waals surface area (Å²) >= 11 is 1.55. The fraction of sp³-hybridized carbons (Fsp3) is 0.379. The van der Waals surface area contributed by atoms with Gasteiger partial charge in [0.15, 0.2) is 0 Å². The van der Waals surface area contributed by atoms with E-state index in [-0.39, 0.29) is 24.8 Å². The Morgan fingerprint density at radius 1 is 0.719 bits per heavy atom. The topological polar surface area (TPSA) is 0 Å². The number of hydrogen-bond donors (Lipinski definition) is 0. The fourth-order valence-corrected chi connectivity index (χ4v) is 5.92. The summed E-state index contributed by atoms with van der Waals surface area (Å²) < 4.78 is 1.51. The van der Waals surface area contributed by atoms with E-state index >= 15 is 0 Å². The van der Waals surface area contributed by atoms with Gasteiger partial charge >= 0.3 is 41.3 Å². The molecule has 2 saturated carbocycles.